The van der Waals surface area contributed by atoms with Gasteiger partial charge in [0.2, 0.25) is 0 Å². The molecule has 0 fully saturated rings. The van der Waals surface area contributed by atoms with Crippen LogP contribution in [0.3, 0.4) is 0 Å². The van der Waals surface area contributed by atoms with Crippen LogP contribution in [-0.2, 0) is 12.3 Å². The molecule has 2 N–H and O–H groups in total. The van der Waals surface area contributed by atoms with Gasteiger partial charge in [-0.25, -0.2) is 0 Å². The van der Waals surface area contributed by atoms with Crippen molar-refractivity contribution in [1.82, 2.24) is 0 Å². The molecule has 0 unspecified atom stereocenters. The predicted octanol–water partition coefficient (Wildman–Crippen LogP) is 3.61. The molecule has 1 nitrogen and oxygen atoms in total. The van der Waals surface area contributed by atoms with E-state index in [0.29, 0.717) is 6.54 Å². The Hall–Kier alpha value is -0.510. The highest BCUT2D eigenvalue weighted by atomic mass is 32.2. The lowest BCUT2D eigenvalue weighted by Crippen LogP contribution is -1.97. The zero-order chi connectivity index (χ0) is 10.7. The number of nitrogens with two attached hydrogens (primary N) is 1. The lowest BCUT2D eigenvalue weighted by atomic mass is 10.1. The molecule has 0 saturated heterocycles. The molecule has 0 aliphatic rings. The zero-order valence-electron chi connectivity index (χ0n) is 8.82. The first kappa shape index (κ1) is 11.0. The van der Waals surface area contributed by atoms with Crippen LogP contribution in [0.2, 0.25) is 0 Å². The summed E-state index contributed by atoms with van der Waals surface area (Å²) in [7, 11) is 0. The molecule has 1 aromatic carbocycles. The SMILES string of the molecule is CCSCc1csc2cccc(CN)c12. The fraction of sp³-hybridized carbons (Fsp3) is 0.333. The minimum Gasteiger partial charge on any atom is -0.326 e. The van der Waals surface area contributed by atoms with Crippen LogP contribution in [0, 0.1) is 0 Å². The molecule has 1 aromatic heterocycles. The van der Waals surface area contributed by atoms with Gasteiger partial charge in [0, 0.05) is 22.4 Å². The summed E-state index contributed by atoms with van der Waals surface area (Å²) in [4.78, 5) is 0. The van der Waals surface area contributed by atoms with Gasteiger partial charge in [0.15, 0.2) is 0 Å². The van der Waals surface area contributed by atoms with Crippen molar-refractivity contribution in [2.75, 3.05) is 5.75 Å². The van der Waals surface area contributed by atoms with Crippen LogP contribution in [-0.4, -0.2) is 5.75 Å². The van der Waals surface area contributed by atoms with E-state index in [9.17, 15) is 0 Å². The third-order valence-corrected chi connectivity index (χ3v) is 4.36. The standard InChI is InChI=1S/C12H15NS2/c1-2-14-7-10-8-15-11-5-3-4-9(6-13)12(10)11/h3-5,8H,2,6-7,13H2,1H3. The molecule has 0 radical (unpaired) electrons. The van der Waals surface area contributed by atoms with Crippen LogP contribution in [0.4, 0.5) is 0 Å². The molecular formula is C12H15NS2. The second kappa shape index (κ2) is 5.01. The Balaban J connectivity index is 2.46. The van der Waals surface area contributed by atoms with Crippen LogP contribution in [0.25, 0.3) is 10.1 Å². The molecule has 0 atom stereocenters. The molecule has 1 heterocycles. The van der Waals surface area contributed by atoms with Crippen molar-refractivity contribution in [3.8, 4) is 0 Å². The number of fused-ring (bicyclic) bond motifs is 1. The van der Waals surface area contributed by atoms with E-state index in [0.717, 1.165) is 5.75 Å². The van der Waals surface area contributed by atoms with E-state index >= 15 is 0 Å². The molecule has 0 bridgehead atoms. The number of hydrogen-bond donors (Lipinski definition) is 1. The van der Waals surface area contributed by atoms with Gasteiger partial charge in [0.25, 0.3) is 0 Å². The Bertz CT molecular complexity index is 448. The largest absolute Gasteiger partial charge is 0.326 e. The Labute approximate surface area is 98.7 Å². The highest BCUT2D eigenvalue weighted by Crippen LogP contribution is 2.31. The Kier molecular flexibility index (Phi) is 3.67. The Morgan fingerprint density at radius 3 is 2.93 bits per heavy atom. The van der Waals surface area contributed by atoms with Gasteiger partial charge < -0.3 is 5.73 Å². The van der Waals surface area contributed by atoms with Gasteiger partial charge in [0.05, 0.1) is 0 Å². The van der Waals surface area contributed by atoms with Crippen LogP contribution in [0.1, 0.15) is 18.1 Å². The quantitative estimate of drug-likeness (QED) is 0.879. The van der Waals surface area contributed by atoms with E-state index < -0.39 is 0 Å². The van der Waals surface area contributed by atoms with Crippen molar-refractivity contribution >= 4 is 33.2 Å². The van der Waals surface area contributed by atoms with Crippen molar-refractivity contribution in [3.63, 3.8) is 0 Å². The second-order valence-corrected chi connectivity index (χ2v) is 5.58. The molecule has 15 heavy (non-hydrogen) atoms. The molecule has 0 amide bonds. The summed E-state index contributed by atoms with van der Waals surface area (Å²) in [6.07, 6.45) is 0. The second-order valence-electron chi connectivity index (χ2n) is 3.39. The first-order chi connectivity index (χ1) is 7.36. The number of thioether (sulfide) groups is 1. The van der Waals surface area contributed by atoms with Gasteiger partial charge >= 0.3 is 0 Å². The number of rotatable bonds is 4. The monoisotopic (exact) mass is 237 g/mol. The maximum atomic E-state index is 5.77. The summed E-state index contributed by atoms with van der Waals surface area (Å²) in [5, 5.41) is 3.66. The van der Waals surface area contributed by atoms with Crippen molar-refractivity contribution in [2.45, 2.75) is 19.2 Å². The van der Waals surface area contributed by atoms with E-state index in [4.69, 9.17) is 5.73 Å². The smallest absolute Gasteiger partial charge is 0.0349 e. The van der Waals surface area contributed by atoms with Crippen molar-refractivity contribution in [2.24, 2.45) is 5.73 Å². The van der Waals surface area contributed by atoms with E-state index in [1.807, 2.05) is 23.1 Å². The fourth-order valence-electron chi connectivity index (χ4n) is 1.72. The molecule has 2 aromatic rings. The highest BCUT2D eigenvalue weighted by molar-refractivity contribution is 7.98. The number of hydrogen-bond acceptors (Lipinski definition) is 3. The molecule has 0 saturated carbocycles. The van der Waals surface area contributed by atoms with Crippen LogP contribution in [0.15, 0.2) is 23.6 Å². The van der Waals surface area contributed by atoms with Gasteiger partial charge in [-0.1, -0.05) is 19.1 Å². The van der Waals surface area contributed by atoms with Gasteiger partial charge in [-0.2, -0.15) is 11.8 Å². The van der Waals surface area contributed by atoms with Crippen LogP contribution in [0.5, 0.6) is 0 Å². The first-order valence-electron chi connectivity index (χ1n) is 5.12. The summed E-state index contributed by atoms with van der Waals surface area (Å²) >= 11 is 3.79. The molecule has 0 spiro atoms. The molecule has 3 heteroatoms. The van der Waals surface area contributed by atoms with E-state index in [1.54, 1.807) is 0 Å². The van der Waals surface area contributed by atoms with E-state index in [1.165, 1.54) is 27.0 Å². The lowest BCUT2D eigenvalue weighted by molar-refractivity contribution is 1.09. The summed E-state index contributed by atoms with van der Waals surface area (Å²) in [5.41, 5.74) is 8.50. The fourth-order valence-corrected chi connectivity index (χ4v) is 3.49. The summed E-state index contributed by atoms with van der Waals surface area (Å²) in [6, 6.07) is 6.41. The first-order valence-corrected chi connectivity index (χ1v) is 7.16. The Morgan fingerprint density at radius 1 is 1.33 bits per heavy atom. The minimum absolute atomic E-state index is 0.637. The average molecular weight is 237 g/mol. The maximum Gasteiger partial charge on any atom is 0.0349 e. The zero-order valence-corrected chi connectivity index (χ0v) is 10.5. The molecule has 80 valence electrons. The average Bonchev–Trinajstić information content (AvgIpc) is 2.69. The van der Waals surface area contributed by atoms with Crippen LogP contribution < -0.4 is 5.73 Å². The molecule has 0 aliphatic heterocycles. The number of benzene rings is 1. The number of thiophene rings is 1. The molecule has 2 rings (SSSR count). The highest BCUT2D eigenvalue weighted by Gasteiger charge is 2.07. The Morgan fingerprint density at radius 2 is 2.20 bits per heavy atom. The normalized spacial score (nSPS) is 11.1. The summed E-state index contributed by atoms with van der Waals surface area (Å²) in [6.45, 7) is 2.83. The molecule has 0 aliphatic carbocycles. The van der Waals surface area contributed by atoms with Crippen molar-refractivity contribution in [3.05, 3.63) is 34.7 Å². The van der Waals surface area contributed by atoms with Gasteiger partial charge in [0.1, 0.15) is 0 Å². The third-order valence-electron chi connectivity index (χ3n) is 2.44. The predicted molar refractivity (Wildman–Crippen MR) is 71.6 cm³/mol. The van der Waals surface area contributed by atoms with Crippen molar-refractivity contribution in [1.29, 1.82) is 0 Å². The van der Waals surface area contributed by atoms with Crippen LogP contribution >= 0.6 is 23.1 Å². The molecular weight excluding hydrogens is 222 g/mol. The topological polar surface area (TPSA) is 26.0 Å². The van der Waals surface area contributed by atoms with E-state index in [2.05, 4.69) is 30.5 Å². The summed E-state index contributed by atoms with van der Waals surface area (Å²) in [5.74, 6) is 2.27. The van der Waals surface area contributed by atoms with Gasteiger partial charge in [-0.05, 0) is 28.3 Å². The maximum absolute atomic E-state index is 5.77. The third kappa shape index (κ3) is 2.19. The summed E-state index contributed by atoms with van der Waals surface area (Å²) < 4.78 is 1.37. The van der Waals surface area contributed by atoms with Gasteiger partial charge in [-0.3, -0.25) is 0 Å². The minimum atomic E-state index is 0.637. The van der Waals surface area contributed by atoms with Gasteiger partial charge in [-0.15, -0.1) is 11.3 Å². The lowest BCUT2D eigenvalue weighted by Gasteiger charge is -2.03. The van der Waals surface area contributed by atoms with E-state index in [-0.39, 0.29) is 0 Å². The van der Waals surface area contributed by atoms with Crippen molar-refractivity contribution < 1.29 is 0 Å².